The number of amides is 2. The molecule has 0 saturated carbocycles. The zero-order valence-electron chi connectivity index (χ0n) is 19.5. The van der Waals surface area contributed by atoms with Crippen molar-refractivity contribution >= 4 is 46.3 Å². The van der Waals surface area contributed by atoms with Crippen molar-refractivity contribution in [2.24, 2.45) is 0 Å². The Morgan fingerprint density at radius 2 is 1.91 bits per heavy atom. The highest BCUT2D eigenvalue weighted by Gasteiger charge is 2.15. The predicted octanol–water partition coefficient (Wildman–Crippen LogP) is 0.518. The van der Waals surface area contributed by atoms with Crippen LogP contribution < -0.4 is 30.7 Å². The number of anilines is 2. The molecule has 2 heterocycles. The van der Waals surface area contributed by atoms with E-state index < -0.39 is 5.91 Å². The van der Waals surface area contributed by atoms with Crippen molar-refractivity contribution in [3.8, 4) is 12.1 Å². The van der Waals surface area contributed by atoms with Gasteiger partial charge in [-0.05, 0) is 51.1 Å². The molecule has 0 unspecified atom stereocenters. The van der Waals surface area contributed by atoms with Gasteiger partial charge in [0.25, 0.3) is 11.5 Å². The van der Waals surface area contributed by atoms with Gasteiger partial charge in [0.05, 0.1) is 12.6 Å². The quantitative estimate of drug-likeness (QED) is 0.455. The van der Waals surface area contributed by atoms with Crippen molar-refractivity contribution in [2.75, 3.05) is 36.8 Å². The van der Waals surface area contributed by atoms with Gasteiger partial charge in [-0.3, -0.25) is 23.9 Å². The molecule has 2 amide bonds. The molecule has 1 aliphatic heterocycles. The van der Waals surface area contributed by atoms with E-state index in [9.17, 15) is 19.6 Å². The molecule has 0 bridgehead atoms. The smallest absolute Gasteiger partial charge is 0.270 e. The number of carbonyl (C=O) groups is 2. The van der Waals surface area contributed by atoms with Gasteiger partial charge in [-0.25, -0.2) is 0 Å². The summed E-state index contributed by atoms with van der Waals surface area (Å²) in [6.07, 6.45) is 4.96. The van der Waals surface area contributed by atoms with Gasteiger partial charge in [0.2, 0.25) is 5.91 Å². The monoisotopic (exact) mass is 493 g/mol. The zero-order valence-corrected chi connectivity index (χ0v) is 20.3. The Bertz CT molecular complexity index is 1340. The van der Waals surface area contributed by atoms with E-state index in [0.29, 0.717) is 22.5 Å². The minimum atomic E-state index is -0.704. The standard InChI is InChI=1S/C24H27N7O3S/c1-2-31-23(34)20(35-24(31)19(14-26)22(33)27-10-9-25)15-28-17-7-6-8-18(13-17)29-21(32)16-30-11-4-3-5-12-30/h6-8,13,15,28H,2-5,10-12,16H2,1H3,(H,27,33)(H,29,32). The van der Waals surface area contributed by atoms with Gasteiger partial charge in [-0.15, -0.1) is 11.3 Å². The fraction of sp³-hybridized carbons (Fsp3) is 0.375. The lowest BCUT2D eigenvalue weighted by molar-refractivity contribution is -0.117. The van der Waals surface area contributed by atoms with Gasteiger partial charge in [-0.1, -0.05) is 12.5 Å². The van der Waals surface area contributed by atoms with E-state index in [1.165, 1.54) is 17.2 Å². The van der Waals surface area contributed by atoms with E-state index >= 15 is 0 Å². The Labute approximate surface area is 206 Å². The lowest BCUT2D eigenvalue weighted by atomic mass is 10.1. The third-order valence-corrected chi connectivity index (χ3v) is 6.57. The second-order valence-corrected chi connectivity index (χ2v) is 8.93. The first-order chi connectivity index (χ1) is 17.0. The molecule has 1 fully saturated rings. The molecular formula is C24H27N7O3S. The Kier molecular flexibility index (Phi) is 9.18. The zero-order chi connectivity index (χ0) is 25.2. The van der Waals surface area contributed by atoms with E-state index in [4.69, 9.17) is 5.26 Å². The molecule has 0 aliphatic carbocycles. The minimum Gasteiger partial charge on any atom is -0.360 e. The minimum absolute atomic E-state index is 0.0731. The Hall–Kier alpha value is -3.93. The van der Waals surface area contributed by atoms with Gasteiger partial charge in [0, 0.05) is 24.1 Å². The molecule has 1 aromatic carbocycles. The molecule has 35 heavy (non-hydrogen) atoms. The van der Waals surface area contributed by atoms with Crippen LogP contribution in [-0.4, -0.2) is 47.5 Å². The fourth-order valence-electron chi connectivity index (χ4n) is 3.75. The molecule has 182 valence electrons. The van der Waals surface area contributed by atoms with Crippen molar-refractivity contribution in [2.45, 2.75) is 32.7 Å². The third-order valence-electron chi connectivity index (χ3n) is 5.44. The Morgan fingerprint density at radius 3 is 2.60 bits per heavy atom. The average Bonchev–Trinajstić information content (AvgIpc) is 3.17. The first-order valence-electron chi connectivity index (χ1n) is 11.3. The summed E-state index contributed by atoms with van der Waals surface area (Å²) in [7, 11) is 0. The number of nitrogens with one attached hydrogen (secondary N) is 3. The van der Waals surface area contributed by atoms with Crippen LogP contribution in [0.25, 0.3) is 11.8 Å². The normalized spacial score (nSPS) is 15.0. The number of piperidine rings is 1. The molecule has 0 spiro atoms. The number of likely N-dealkylation sites (tertiary alicyclic amines) is 1. The summed E-state index contributed by atoms with van der Waals surface area (Å²) < 4.78 is 1.88. The van der Waals surface area contributed by atoms with E-state index in [-0.39, 0.29) is 34.8 Å². The number of thiazole rings is 1. The van der Waals surface area contributed by atoms with Crippen molar-refractivity contribution in [1.82, 2.24) is 14.8 Å². The lowest BCUT2D eigenvalue weighted by Gasteiger charge is -2.25. The molecule has 1 saturated heterocycles. The molecule has 0 radical (unpaired) electrons. The van der Waals surface area contributed by atoms with Crippen LogP contribution >= 0.6 is 11.3 Å². The van der Waals surface area contributed by atoms with Crippen LogP contribution in [-0.2, 0) is 16.1 Å². The molecule has 0 atom stereocenters. The highest BCUT2D eigenvalue weighted by Crippen LogP contribution is 2.15. The maximum atomic E-state index is 12.8. The van der Waals surface area contributed by atoms with Gasteiger partial charge in [0.15, 0.2) is 5.57 Å². The number of hydrogen-bond acceptors (Lipinski definition) is 8. The number of benzene rings is 1. The van der Waals surface area contributed by atoms with Crippen molar-refractivity contribution < 1.29 is 9.59 Å². The predicted molar refractivity (Wildman–Crippen MR) is 135 cm³/mol. The van der Waals surface area contributed by atoms with Crippen molar-refractivity contribution in [3.05, 3.63) is 43.8 Å². The number of nitriles is 2. The number of rotatable bonds is 8. The maximum Gasteiger partial charge on any atom is 0.270 e. The number of hydrogen-bond donors (Lipinski definition) is 3. The average molecular weight is 494 g/mol. The van der Waals surface area contributed by atoms with Crippen LogP contribution in [0.4, 0.5) is 11.4 Å². The topological polar surface area (TPSA) is 143 Å². The molecule has 2 aromatic rings. The highest BCUT2D eigenvalue weighted by atomic mass is 32.1. The van der Waals surface area contributed by atoms with Crippen LogP contribution in [0.2, 0.25) is 0 Å². The first-order valence-corrected chi connectivity index (χ1v) is 12.2. The van der Waals surface area contributed by atoms with Crippen LogP contribution in [0.15, 0.2) is 29.1 Å². The largest absolute Gasteiger partial charge is 0.360 e. The molecule has 10 nitrogen and oxygen atoms in total. The van der Waals surface area contributed by atoms with Crippen LogP contribution in [0.5, 0.6) is 0 Å². The summed E-state index contributed by atoms with van der Waals surface area (Å²) in [6, 6.07) is 10.8. The van der Waals surface area contributed by atoms with E-state index in [0.717, 1.165) is 37.3 Å². The second kappa shape index (κ2) is 12.5. The van der Waals surface area contributed by atoms with Crippen molar-refractivity contribution in [1.29, 1.82) is 10.5 Å². The number of nitrogens with zero attached hydrogens (tertiary/aromatic N) is 4. The van der Waals surface area contributed by atoms with Crippen LogP contribution in [0.1, 0.15) is 26.2 Å². The van der Waals surface area contributed by atoms with E-state index in [2.05, 4.69) is 20.9 Å². The molecule has 1 aromatic heterocycles. The second-order valence-electron chi connectivity index (χ2n) is 7.90. The Morgan fingerprint density at radius 1 is 1.17 bits per heavy atom. The van der Waals surface area contributed by atoms with Crippen molar-refractivity contribution in [3.63, 3.8) is 0 Å². The maximum absolute atomic E-state index is 12.8. The molecule has 11 heteroatoms. The van der Waals surface area contributed by atoms with Crippen LogP contribution in [0, 0.1) is 22.7 Å². The number of aromatic nitrogens is 1. The lowest BCUT2D eigenvalue weighted by Crippen LogP contribution is -2.36. The molecule has 1 aliphatic rings. The summed E-state index contributed by atoms with van der Waals surface area (Å²) in [5, 5.41) is 26.4. The van der Waals surface area contributed by atoms with E-state index in [1.54, 1.807) is 37.3 Å². The first kappa shape index (κ1) is 25.7. The van der Waals surface area contributed by atoms with E-state index in [1.807, 2.05) is 6.07 Å². The summed E-state index contributed by atoms with van der Waals surface area (Å²) in [5.74, 6) is -0.777. The summed E-state index contributed by atoms with van der Waals surface area (Å²) in [4.78, 5) is 39.6. The van der Waals surface area contributed by atoms with Crippen LogP contribution in [0.3, 0.4) is 0 Å². The SMILES string of the molecule is CCn1c(=C(C#N)C(=O)NCC#N)sc(=CNc2cccc(NC(=O)CN3CCCCC3)c2)c1=O. The summed E-state index contributed by atoms with van der Waals surface area (Å²) in [6.45, 7) is 4.01. The molecular weight excluding hydrogens is 466 g/mol. The van der Waals surface area contributed by atoms with Gasteiger partial charge >= 0.3 is 0 Å². The Balaban J connectivity index is 1.80. The fourth-order valence-corrected chi connectivity index (χ4v) is 4.84. The number of carbonyl (C=O) groups excluding carboxylic acids is 2. The van der Waals surface area contributed by atoms with Gasteiger partial charge < -0.3 is 16.0 Å². The molecule has 3 N–H and O–H groups in total. The van der Waals surface area contributed by atoms with Gasteiger partial charge in [-0.2, -0.15) is 10.5 Å². The molecule has 3 rings (SSSR count). The van der Waals surface area contributed by atoms with Gasteiger partial charge in [0.1, 0.15) is 21.8 Å². The highest BCUT2D eigenvalue weighted by molar-refractivity contribution is 7.07. The summed E-state index contributed by atoms with van der Waals surface area (Å²) >= 11 is 1.01. The third kappa shape index (κ3) is 6.79. The summed E-state index contributed by atoms with van der Waals surface area (Å²) in [5.41, 5.74) is 0.737.